The number of rotatable bonds is 10. The average molecular weight is 400 g/mol. The quantitative estimate of drug-likeness (QED) is 0.551. The van der Waals surface area contributed by atoms with Gasteiger partial charge in [0.25, 0.3) is 0 Å². The first-order chi connectivity index (χ1) is 13.6. The number of hydrogen-bond donors (Lipinski definition) is 1. The molecule has 0 fully saturated rings. The second-order valence-electron chi connectivity index (χ2n) is 6.43. The van der Waals surface area contributed by atoms with E-state index in [0.717, 1.165) is 27.8 Å². The Hall–Kier alpha value is -2.64. The van der Waals surface area contributed by atoms with Gasteiger partial charge in [0.05, 0.1) is 18.9 Å². The molecule has 0 atom stereocenters. The summed E-state index contributed by atoms with van der Waals surface area (Å²) < 4.78 is 16.7. The molecule has 0 aliphatic carbocycles. The Bertz CT molecular complexity index is 865. The van der Waals surface area contributed by atoms with E-state index in [0.29, 0.717) is 25.6 Å². The minimum Gasteiger partial charge on any atom is -0.497 e. The van der Waals surface area contributed by atoms with Gasteiger partial charge in [0.1, 0.15) is 23.1 Å². The molecule has 2 heterocycles. The van der Waals surface area contributed by atoms with E-state index in [1.54, 1.807) is 24.6 Å². The van der Waals surface area contributed by atoms with Gasteiger partial charge in [0.15, 0.2) is 0 Å². The van der Waals surface area contributed by atoms with E-state index in [-0.39, 0.29) is 6.10 Å². The standard InChI is InChI=1S/C21H25N3O3S/c1-15(2)27-21-16(5-4-10-23-21)11-22-12-17-14-28-20(24-17)13-26-19-8-6-18(25-3)7-9-19/h4-10,14-15,22H,11-13H2,1-3H3. The lowest BCUT2D eigenvalue weighted by molar-refractivity contribution is 0.229. The fraction of sp³-hybridized carbons (Fsp3) is 0.333. The number of nitrogens with one attached hydrogen (secondary N) is 1. The minimum atomic E-state index is 0.0976. The summed E-state index contributed by atoms with van der Waals surface area (Å²) in [6.45, 7) is 5.79. The Labute approximate surface area is 169 Å². The molecular weight excluding hydrogens is 374 g/mol. The zero-order chi connectivity index (χ0) is 19.8. The summed E-state index contributed by atoms with van der Waals surface area (Å²) in [5.41, 5.74) is 2.03. The summed E-state index contributed by atoms with van der Waals surface area (Å²) in [5, 5.41) is 6.39. The molecule has 6 nitrogen and oxygen atoms in total. The van der Waals surface area contributed by atoms with E-state index in [1.165, 1.54) is 0 Å². The number of pyridine rings is 1. The van der Waals surface area contributed by atoms with Gasteiger partial charge in [-0.05, 0) is 44.2 Å². The molecule has 0 unspecified atom stereocenters. The first-order valence-corrected chi connectivity index (χ1v) is 10.0. The van der Waals surface area contributed by atoms with Crippen LogP contribution < -0.4 is 19.5 Å². The number of methoxy groups -OCH3 is 1. The van der Waals surface area contributed by atoms with E-state index in [4.69, 9.17) is 14.2 Å². The van der Waals surface area contributed by atoms with E-state index >= 15 is 0 Å². The van der Waals surface area contributed by atoms with Crippen molar-refractivity contribution in [3.63, 3.8) is 0 Å². The zero-order valence-corrected chi connectivity index (χ0v) is 17.2. The van der Waals surface area contributed by atoms with Crippen molar-refractivity contribution in [3.05, 3.63) is 64.2 Å². The minimum absolute atomic E-state index is 0.0976. The highest BCUT2D eigenvalue weighted by Gasteiger charge is 2.08. The maximum atomic E-state index is 5.78. The number of thiazole rings is 1. The zero-order valence-electron chi connectivity index (χ0n) is 16.3. The maximum absolute atomic E-state index is 5.78. The largest absolute Gasteiger partial charge is 0.497 e. The third-order valence-corrected chi connectivity index (χ3v) is 4.71. The molecule has 1 N–H and O–H groups in total. The lowest BCUT2D eigenvalue weighted by atomic mass is 10.2. The predicted octanol–water partition coefficient (Wildman–Crippen LogP) is 4.20. The Kier molecular flexibility index (Phi) is 7.22. The summed E-state index contributed by atoms with van der Waals surface area (Å²) in [5.74, 6) is 2.28. The molecular formula is C21H25N3O3S. The summed E-state index contributed by atoms with van der Waals surface area (Å²) in [6.07, 6.45) is 1.84. The SMILES string of the molecule is COc1ccc(OCc2nc(CNCc3cccnc3OC(C)C)cs2)cc1. The van der Waals surface area contributed by atoms with Crippen LogP contribution in [-0.2, 0) is 19.7 Å². The third-order valence-electron chi connectivity index (χ3n) is 3.84. The average Bonchev–Trinajstić information content (AvgIpc) is 3.15. The van der Waals surface area contributed by atoms with Crippen molar-refractivity contribution in [1.82, 2.24) is 15.3 Å². The number of ether oxygens (including phenoxy) is 3. The molecule has 0 spiro atoms. The Morgan fingerprint density at radius 2 is 1.86 bits per heavy atom. The molecule has 148 valence electrons. The number of aromatic nitrogens is 2. The van der Waals surface area contributed by atoms with Crippen LogP contribution in [0.15, 0.2) is 48.0 Å². The molecule has 3 aromatic rings. The predicted molar refractivity (Wildman–Crippen MR) is 110 cm³/mol. The van der Waals surface area contributed by atoms with Crippen molar-refractivity contribution >= 4 is 11.3 Å². The highest BCUT2D eigenvalue weighted by atomic mass is 32.1. The summed E-state index contributed by atoms with van der Waals surface area (Å²) in [7, 11) is 1.65. The lowest BCUT2D eigenvalue weighted by Crippen LogP contribution is -2.16. The van der Waals surface area contributed by atoms with Gasteiger partial charge < -0.3 is 19.5 Å². The van der Waals surface area contributed by atoms with Crippen LogP contribution in [0.3, 0.4) is 0 Å². The van der Waals surface area contributed by atoms with E-state index < -0.39 is 0 Å². The Morgan fingerprint density at radius 3 is 2.61 bits per heavy atom. The van der Waals surface area contributed by atoms with Crippen molar-refractivity contribution in [3.8, 4) is 17.4 Å². The second kappa shape index (κ2) is 10.1. The second-order valence-corrected chi connectivity index (χ2v) is 7.38. The van der Waals surface area contributed by atoms with Crippen LogP contribution in [0, 0.1) is 0 Å². The van der Waals surface area contributed by atoms with Gasteiger partial charge in [-0.25, -0.2) is 9.97 Å². The van der Waals surface area contributed by atoms with Gasteiger partial charge in [-0.2, -0.15) is 0 Å². The van der Waals surface area contributed by atoms with Crippen LogP contribution in [0.25, 0.3) is 0 Å². The molecule has 2 aromatic heterocycles. The molecule has 0 radical (unpaired) electrons. The van der Waals surface area contributed by atoms with Crippen LogP contribution >= 0.6 is 11.3 Å². The molecule has 7 heteroatoms. The highest BCUT2D eigenvalue weighted by Crippen LogP contribution is 2.20. The molecule has 3 rings (SSSR count). The van der Waals surface area contributed by atoms with Crippen molar-refractivity contribution in [2.24, 2.45) is 0 Å². The third kappa shape index (κ3) is 5.94. The molecule has 0 amide bonds. The number of nitrogens with zero attached hydrogens (tertiary/aromatic N) is 2. The van der Waals surface area contributed by atoms with E-state index in [1.807, 2.05) is 50.2 Å². The molecule has 0 saturated carbocycles. The summed E-state index contributed by atoms with van der Waals surface area (Å²) >= 11 is 1.60. The summed E-state index contributed by atoms with van der Waals surface area (Å²) in [6, 6.07) is 11.5. The Balaban J connectivity index is 1.47. The lowest BCUT2D eigenvalue weighted by Gasteiger charge is -2.13. The van der Waals surface area contributed by atoms with Crippen molar-refractivity contribution in [2.75, 3.05) is 7.11 Å². The highest BCUT2D eigenvalue weighted by molar-refractivity contribution is 7.09. The smallest absolute Gasteiger partial charge is 0.218 e. The molecule has 0 aliphatic rings. The van der Waals surface area contributed by atoms with Crippen LogP contribution in [0.4, 0.5) is 0 Å². The first kappa shape index (κ1) is 20.1. The molecule has 0 aliphatic heterocycles. The number of benzene rings is 1. The molecule has 0 bridgehead atoms. The fourth-order valence-electron chi connectivity index (χ4n) is 2.53. The topological polar surface area (TPSA) is 65.5 Å². The maximum Gasteiger partial charge on any atom is 0.218 e. The van der Waals surface area contributed by atoms with Gasteiger partial charge in [-0.1, -0.05) is 6.07 Å². The van der Waals surface area contributed by atoms with Gasteiger partial charge in [-0.15, -0.1) is 11.3 Å². The van der Waals surface area contributed by atoms with Crippen LogP contribution in [0.1, 0.15) is 30.1 Å². The molecule has 28 heavy (non-hydrogen) atoms. The van der Waals surface area contributed by atoms with E-state index in [9.17, 15) is 0 Å². The van der Waals surface area contributed by atoms with Crippen LogP contribution in [0.5, 0.6) is 17.4 Å². The first-order valence-electron chi connectivity index (χ1n) is 9.15. The number of hydrogen-bond acceptors (Lipinski definition) is 7. The van der Waals surface area contributed by atoms with Crippen molar-refractivity contribution < 1.29 is 14.2 Å². The Morgan fingerprint density at radius 1 is 1.07 bits per heavy atom. The van der Waals surface area contributed by atoms with Gasteiger partial charge >= 0.3 is 0 Å². The van der Waals surface area contributed by atoms with Crippen LogP contribution in [0.2, 0.25) is 0 Å². The van der Waals surface area contributed by atoms with Crippen molar-refractivity contribution in [1.29, 1.82) is 0 Å². The normalized spacial score (nSPS) is 10.9. The van der Waals surface area contributed by atoms with Crippen LogP contribution in [-0.4, -0.2) is 23.2 Å². The van der Waals surface area contributed by atoms with Crippen molar-refractivity contribution in [2.45, 2.75) is 39.6 Å². The van der Waals surface area contributed by atoms with Gasteiger partial charge in [-0.3, -0.25) is 0 Å². The van der Waals surface area contributed by atoms with E-state index in [2.05, 4.69) is 20.7 Å². The van der Waals surface area contributed by atoms with Gasteiger partial charge in [0, 0.05) is 30.2 Å². The monoisotopic (exact) mass is 399 g/mol. The molecule has 0 saturated heterocycles. The van der Waals surface area contributed by atoms with Gasteiger partial charge in [0.2, 0.25) is 5.88 Å². The summed E-state index contributed by atoms with van der Waals surface area (Å²) in [4.78, 5) is 8.93. The molecule has 1 aromatic carbocycles. The fourth-order valence-corrected chi connectivity index (χ4v) is 3.23.